The lowest BCUT2D eigenvalue weighted by Crippen LogP contribution is -2.61. The molecule has 1 aromatic carbocycles. The molecule has 188 valence electrons. The van der Waals surface area contributed by atoms with Crippen LogP contribution in [0, 0.1) is 23.7 Å². The first kappa shape index (κ1) is 25.4. The van der Waals surface area contributed by atoms with Crippen LogP contribution in [0.5, 0.6) is 0 Å². The van der Waals surface area contributed by atoms with Gasteiger partial charge < -0.3 is 20.3 Å². The van der Waals surface area contributed by atoms with Crippen LogP contribution in [-0.2, 0) is 20.7 Å². The lowest BCUT2D eigenvalue weighted by molar-refractivity contribution is -0.182. The molecule has 6 nitrogen and oxygen atoms in total. The number of esters is 1. The second kappa shape index (κ2) is 10.5. The Morgan fingerprint density at radius 2 is 1.86 bits per heavy atom. The summed E-state index contributed by atoms with van der Waals surface area (Å²) in [6, 6.07) is 9.59. The Hall–Kier alpha value is -2.70. The van der Waals surface area contributed by atoms with E-state index in [4.69, 9.17) is 4.74 Å². The predicted molar refractivity (Wildman–Crippen MR) is 134 cm³/mol. The van der Waals surface area contributed by atoms with Gasteiger partial charge in [-0.1, -0.05) is 75.8 Å². The number of carbonyl (C=O) groups is 2. The Balaban J connectivity index is 1.78. The smallest absolute Gasteiger partial charge is 0.331 e. The number of amides is 1. The molecule has 0 unspecified atom stereocenters. The number of ether oxygens (including phenoxy) is 1. The summed E-state index contributed by atoms with van der Waals surface area (Å²) in [6.07, 6.45) is 8.39. The van der Waals surface area contributed by atoms with Crippen LogP contribution < -0.4 is 5.32 Å². The minimum Gasteiger partial charge on any atom is -0.445 e. The molecule has 2 aliphatic heterocycles. The van der Waals surface area contributed by atoms with Crippen LogP contribution in [-0.4, -0.2) is 45.9 Å². The third kappa shape index (κ3) is 5.00. The summed E-state index contributed by atoms with van der Waals surface area (Å²) in [4.78, 5) is 26.8. The van der Waals surface area contributed by atoms with Crippen molar-refractivity contribution in [2.24, 2.45) is 23.7 Å². The van der Waals surface area contributed by atoms with Crippen LogP contribution in [0.25, 0.3) is 0 Å². The highest BCUT2D eigenvalue weighted by molar-refractivity contribution is 5.94. The number of rotatable bonds is 2. The molecular weight excluding hydrogens is 442 g/mol. The summed E-state index contributed by atoms with van der Waals surface area (Å²) in [6.45, 7) is 8.27. The van der Waals surface area contributed by atoms with E-state index in [1.54, 1.807) is 0 Å². The van der Waals surface area contributed by atoms with Gasteiger partial charge in [-0.05, 0) is 48.3 Å². The maximum absolute atomic E-state index is 13.7. The standard InChI is InChI=1S/C29H37NO5/c1-18-9-7-13-22(31)15-16-25(32)35-29-23(14-8-10-18)27(33)20(3)19(2)26(29)24(30-28(29)34)17-21-11-5-4-6-12-21/h4-6,8,11-12,14-16,18-19,22-24,26-27,31,33H,3,7,9-10,13,17H2,1-2H3,(H,30,34)/b14-8+,16-15?/t18-,19-,22-,23+,24+,26+,27-,29-/m1/s1. The van der Waals surface area contributed by atoms with E-state index in [0.717, 1.165) is 24.8 Å². The first-order valence-corrected chi connectivity index (χ1v) is 12.7. The first-order valence-electron chi connectivity index (χ1n) is 12.7. The zero-order valence-corrected chi connectivity index (χ0v) is 20.6. The van der Waals surface area contributed by atoms with E-state index in [-0.39, 0.29) is 17.9 Å². The van der Waals surface area contributed by atoms with Gasteiger partial charge in [0.1, 0.15) is 0 Å². The molecule has 35 heavy (non-hydrogen) atoms. The molecule has 1 saturated heterocycles. The number of aliphatic hydroxyl groups is 2. The second-order valence-electron chi connectivity index (χ2n) is 10.5. The van der Waals surface area contributed by atoms with Gasteiger partial charge in [0, 0.05) is 18.0 Å². The van der Waals surface area contributed by atoms with Gasteiger partial charge in [0.25, 0.3) is 5.91 Å². The van der Waals surface area contributed by atoms with E-state index in [1.165, 1.54) is 12.2 Å². The maximum Gasteiger partial charge on any atom is 0.331 e. The van der Waals surface area contributed by atoms with Gasteiger partial charge in [-0.3, -0.25) is 4.79 Å². The Morgan fingerprint density at radius 1 is 1.11 bits per heavy atom. The third-order valence-corrected chi connectivity index (χ3v) is 8.04. The SMILES string of the molecule is C=C1[C@@H](C)[C@H]2[C@H](Cc3ccccc3)NC(=O)[C@]23OC(=O)C=C[C@H](O)CCC[C@@H](C)C/C=C/[C@H]3[C@@H]1O. The molecule has 0 radical (unpaired) electrons. The van der Waals surface area contributed by atoms with Crippen molar-refractivity contribution in [2.45, 2.75) is 69.8 Å². The monoisotopic (exact) mass is 479 g/mol. The molecule has 2 heterocycles. The lowest BCUT2D eigenvalue weighted by Gasteiger charge is -2.49. The summed E-state index contributed by atoms with van der Waals surface area (Å²) in [5, 5.41) is 24.7. The van der Waals surface area contributed by atoms with Gasteiger partial charge in [-0.2, -0.15) is 0 Å². The van der Waals surface area contributed by atoms with Crippen molar-refractivity contribution in [1.29, 1.82) is 0 Å². The highest BCUT2D eigenvalue weighted by Gasteiger charge is 2.67. The third-order valence-electron chi connectivity index (χ3n) is 8.04. The highest BCUT2D eigenvalue weighted by Crippen LogP contribution is 2.52. The van der Waals surface area contributed by atoms with E-state index in [9.17, 15) is 19.8 Å². The number of benzene rings is 1. The van der Waals surface area contributed by atoms with Crippen molar-refractivity contribution in [3.8, 4) is 0 Å². The fourth-order valence-corrected chi connectivity index (χ4v) is 6.09. The number of hydrogen-bond donors (Lipinski definition) is 3. The number of hydrogen-bond acceptors (Lipinski definition) is 5. The summed E-state index contributed by atoms with van der Waals surface area (Å²) in [5.74, 6) is -2.13. The van der Waals surface area contributed by atoms with Crippen molar-refractivity contribution in [3.05, 3.63) is 72.4 Å². The van der Waals surface area contributed by atoms with Crippen LogP contribution in [0.1, 0.15) is 45.1 Å². The molecule has 8 atom stereocenters. The lowest BCUT2D eigenvalue weighted by atomic mass is 9.59. The Bertz CT molecular complexity index is 1000. The minimum atomic E-state index is -1.57. The topological polar surface area (TPSA) is 95.9 Å². The molecule has 1 aromatic rings. The molecule has 1 spiro atoms. The molecule has 3 N–H and O–H groups in total. The quantitative estimate of drug-likeness (QED) is 0.446. The zero-order chi connectivity index (χ0) is 25.2. The van der Waals surface area contributed by atoms with Gasteiger partial charge in [-0.25, -0.2) is 4.79 Å². The van der Waals surface area contributed by atoms with Crippen molar-refractivity contribution in [3.63, 3.8) is 0 Å². The van der Waals surface area contributed by atoms with Crippen LogP contribution >= 0.6 is 0 Å². The summed E-state index contributed by atoms with van der Waals surface area (Å²) >= 11 is 0. The van der Waals surface area contributed by atoms with Gasteiger partial charge in [-0.15, -0.1) is 0 Å². The molecule has 0 bridgehead atoms. The number of aliphatic hydroxyl groups excluding tert-OH is 2. The largest absolute Gasteiger partial charge is 0.445 e. The first-order chi connectivity index (χ1) is 16.7. The molecule has 3 aliphatic rings. The average Bonchev–Trinajstić information content (AvgIpc) is 3.09. The molecule has 6 heteroatoms. The van der Waals surface area contributed by atoms with Crippen molar-refractivity contribution < 1.29 is 24.5 Å². The van der Waals surface area contributed by atoms with E-state index in [0.29, 0.717) is 24.3 Å². The van der Waals surface area contributed by atoms with Crippen LogP contribution in [0.2, 0.25) is 0 Å². The zero-order valence-electron chi connectivity index (χ0n) is 20.6. The molecule has 1 amide bonds. The normalized spacial score (nSPS) is 39.1. The molecule has 4 rings (SSSR count). The Labute approximate surface area is 207 Å². The van der Waals surface area contributed by atoms with Gasteiger partial charge in [0.15, 0.2) is 0 Å². The average molecular weight is 480 g/mol. The van der Waals surface area contributed by atoms with Crippen LogP contribution in [0.15, 0.2) is 66.8 Å². The molecular formula is C29H37NO5. The van der Waals surface area contributed by atoms with Gasteiger partial charge in [0.2, 0.25) is 5.60 Å². The summed E-state index contributed by atoms with van der Waals surface area (Å²) < 4.78 is 6.05. The maximum atomic E-state index is 13.7. The van der Waals surface area contributed by atoms with Crippen molar-refractivity contribution in [1.82, 2.24) is 5.32 Å². The van der Waals surface area contributed by atoms with E-state index < -0.39 is 35.6 Å². The van der Waals surface area contributed by atoms with Crippen LogP contribution in [0.3, 0.4) is 0 Å². The summed E-state index contributed by atoms with van der Waals surface area (Å²) in [7, 11) is 0. The van der Waals surface area contributed by atoms with E-state index in [1.807, 2.05) is 49.4 Å². The van der Waals surface area contributed by atoms with E-state index in [2.05, 4.69) is 18.8 Å². The Morgan fingerprint density at radius 3 is 2.60 bits per heavy atom. The fourth-order valence-electron chi connectivity index (χ4n) is 6.09. The second-order valence-corrected chi connectivity index (χ2v) is 10.5. The fraction of sp³-hybridized carbons (Fsp3) is 0.517. The van der Waals surface area contributed by atoms with E-state index >= 15 is 0 Å². The van der Waals surface area contributed by atoms with Crippen molar-refractivity contribution >= 4 is 11.9 Å². The summed E-state index contributed by atoms with van der Waals surface area (Å²) in [5.41, 5.74) is 0.136. The minimum absolute atomic E-state index is 0.262. The number of nitrogens with one attached hydrogen (secondary N) is 1. The number of carbonyl (C=O) groups excluding carboxylic acids is 2. The predicted octanol–water partition coefficient (Wildman–Crippen LogP) is 3.49. The molecule has 1 aliphatic carbocycles. The Kier molecular flexibility index (Phi) is 7.62. The van der Waals surface area contributed by atoms with Crippen molar-refractivity contribution in [2.75, 3.05) is 0 Å². The molecule has 2 fully saturated rings. The molecule has 0 aromatic heterocycles. The van der Waals surface area contributed by atoms with Gasteiger partial charge >= 0.3 is 5.97 Å². The van der Waals surface area contributed by atoms with Gasteiger partial charge in [0.05, 0.1) is 18.1 Å². The highest BCUT2D eigenvalue weighted by atomic mass is 16.6. The molecule has 1 saturated carbocycles. The van der Waals surface area contributed by atoms with Crippen LogP contribution in [0.4, 0.5) is 0 Å². The number of allylic oxidation sites excluding steroid dienone is 1.